The number of nitrogens with zero attached hydrogens (tertiary/aromatic N) is 3. The Balaban J connectivity index is 1.52. The third-order valence-corrected chi connectivity index (χ3v) is 5.72. The molecule has 0 atom stereocenters. The van der Waals surface area contributed by atoms with Gasteiger partial charge in [0.2, 0.25) is 0 Å². The second-order valence-electron chi connectivity index (χ2n) is 7.81. The first-order valence-electron chi connectivity index (χ1n) is 10.4. The number of anilines is 1. The highest BCUT2D eigenvalue weighted by Crippen LogP contribution is 2.32. The Kier molecular flexibility index (Phi) is 5.08. The lowest BCUT2D eigenvalue weighted by molar-refractivity contribution is 0.100. The number of aromatic nitrogens is 4. The zero-order chi connectivity index (χ0) is 22.2. The van der Waals surface area contributed by atoms with Crippen molar-refractivity contribution in [3.63, 3.8) is 0 Å². The van der Waals surface area contributed by atoms with Gasteiger partial charge >= 0.3 is 7.12 Å². The zero-order valence-corrected chi connectivity index (χ0v) is 17.2. The normalized spacial score (nSPS) is 12.7. The van der Waals surface area contributed by atoms with E-state index in [-0.39, 0.29) is 0 Å². The lowest BCUT2D eigenvalue weighted by Gasteiger charge is -2.12. The number of aromatic amines is 1. The molecule has 2 aromatic heterocycles. The third kappa shape index (κ3) is 3.59. The topological polar surface area (TPSA) is 150 Å². The minimum absolute atomic E-state index is 0.367. The smallest absolute Gasteiger partial charge is 0.423 e. The molecule has 0 spiro atoms. The highest BCUT2D eigenvalue weighted by atomic mass is 16.4. The lowest BCUT2D eigenvalue weighted by atomic mass is 9.79. The number of nitrogens with one attached hydrogen (secondary N) is 2. The number of nitrogens with two attached hydrogens (primary N) is 1. The molecule has 0 fully saturated rings. The molecule has 0 saturated heterocycles. The van der Waals surface area contributed by atoms with Crippen LogP contribution in [0.15, 0.2) is 42.5 Å². The van der Waals surface area contributed by atoms with E-state index in [0.717, 1.165) is 47.3 Å². The SMILES string of the molecule is NC(=O)c1cccc2c(-c3nc4c(c(NCc5cccc(B(O)O)c5)n3)CCC4)n[nH]c12. The Labute approximate surface area is 183 Å². The van der Waals surface area contributed by atoms with Crippen LogP contribution < -0.4 is 16.5 Å². The van der Waals surface area contributed by atoms with Gasteiger partial charge in [0.05, 0.1) is 11.1 Å². The van der Waals surface area contributed by atoms with Crippen molar-refractivity contribution in [2.75, 3.05) is 5.32 Å². The van der Waals surface area contributed by atoms with Gasteiger partial charge in [0.1, 0.15) is 11.5 Å². The van der Waals surface area contributed by atoms with Gasteiger partial charge in [-0.3, -0.25) is 9.89 Å². The van der Waals surface area contributed by atoms with E-state index in [1.54, 1.807) is 30.3 Å². The fourth-order valence-corrected chi connectivity index (χ4v) is 4.15. The summed E-state index contributed by atoms with van der Waals surface area (Å²) >= 11 is 0. The van der Waals surface area contributed by atoms with Gasteiger partial charge in [0.25, 0.3) is 5.91 Å². The highest BCUT2D eigenvalue weighted by molar-refractivity contribution is 6.58. The average Bonchev–Trinajstić information content (AvgIpc) is 3.44. The van der Waals surface area contributed by atoms with Crippen LogP contribution in [0.4, 0.5) is 5.82 Å². The molecule has 9 nitrogen and oxygen atoms in total. The Hall–Kier alpha value is -3.76. The van der Waals surface area contributed by atoms with Crippen LogP contribution in [0.25, 0.3) is 22.4 Å². The minimum Gasteiger partial charge on any atom is -0.423 e. The Morgan fingerprint density at radius 2 is 2.00 bits per heavy atom. The van der Waals surface area contributed by atoms with Crippen LogP contribution in [0.2, 0.25) is 0 Å². The van der Waals surface area contributed by atoms with Crippen LogP contribution in [0, 0.1) is 0 Å². The number of carbonyl (C=O) groups excluding carboxylic acids is 1. The second kappa shape index (κ2) is 8.06. The minimum atomic E-state index is -1.51. The number of benzene rings is 2. The highest BCUT2D eigenvalue weighted by Gasteiger charge is 2.23. The van der Waals surface area contributed by atoms with Crippen molar-refractivity contribution in [1.29, 1.82) is 0 Å². The number of fused-ring (bicyclic) bond motifs is 2. The number of carbonyl (C=O) groups is 1. The second-order valence-corrected chi connectivity index (χ2v) is 7.81. The molecule has 6 N–H and O–H groups in total. The van der Waals surface area contributed by atoms with E-state index in [2.05, 4.69) is 15.5 Å². The molecule has 32 heavy (non-hydrogen) atoms. The van der Waals surface area contributed by atoms with Crippen LogP contribution in [0.3, 0.4) is 0 Å². The third-order valence-electron chi connectivity index (χ3n) is 5.72. The van der Waals surface area contributed by atoms with Gasteiger partial charge in [0, 0.05) is 23.2 Å². The number of amides is 1. The summed E-state index contributed by atoms with van der Waals surface area (Å²) in [4.78, 5) is 21.3. The maximum Gasteiger partial charge on any atom is 0.488 e. The lowest BCUT2D eigenvalue weighted by Crippen LogP contribution is -2.30. The molecule has 2 heterocycles. The van der Waals surface area contributed by atoms with Gasteiger partial charge in [-0.1, -0.05) is 36.4 Å². The molecule has 1 aliphatic carbocycles. The fourth-order valence-electron chi connectivity index (χ4n) is 4.15. The molecule has 10 heteroatoms. The summed E-state index contributed by atoms with van der Waals surface area (Å²) in [6.07, 6.45) is 2.75. The van der Waals surface area contributed by atoms with Crippen LogP contribution >= 0.6 is 0 Å². The van der Waals surface area contributed by atoms with Crippen molar-refractivity contribution >= 4 is 35.2 Å². The summed E-state index contributed by atoms with van der Waals surface area (Å²) in [7, 11) is -1.51. The molecule has 0 radical (unpaired) electrons. The average molecular weight is 428 g/mol. The summed E-state index contributed by atoms with van der Waals surface area (Å²) < 4.78 is 0. The van der Waals surface area contributed by atoms with E-state index in [1.165, 1.54) is 0 Å². The summed E-state index contributed by atoms with van der Waals surface area (Å²) in [5, 5.41) is 30.2. The largest absolute Gasteiger partial charge is 0.488 e. The van der Waals surface area contributed by atoms with Gasteiger partial charge in [-0.25, -0.2) is 9.97 Å². The predicted octanol–water partition coefficient (Wildman–Crippen LogP) is 0.899. The predicted molar refractivity (Wildman–Crippen MR) is 121 cm³/mol. The maximum atomic E-state index is 11.8. The summed E-state index contributed by atoms with van der Waals surface area (Å²) in [6.45, 7) is 0.469. The van der Waals surface area contributed by atoms with E-state index in [4.69, 9.17) is 15.7 Å². The Morgan fingerprint density at radius 3 is 2.81 bits per heavy atom. The standard InChI is InChI=1S/C22H21BN6O3/c24-20(30)16-8-2-7-15-18(16)28-29-19(15)22-26-17-9-3-6-14(17)21(27-22)25-11-12-4-1-5-13(10-12)23(31)32/h1-2,4-5,7-8,10,31-32H,3,6,9,11H2,(H2,24,30)(H,28,29)(H,25,26,27). The maximum absolute atomic E-state index is 11.8. The Morgan fingerprint density at radius 1 is 1.16 bits per heavy atom. The molecule has 1 amide bonds. The van der Waals surface area contributed by atoms with Crippen LogP contribution in [-0.2, 0) is 19.4 Å². The first-order chi connectivity index (χ1) is 15.5. The van der Waals surface area contributed by atoms with Gasteiger partial charge in [-0.15, -0.1) is 0 Å². The molecule has 1 aliphatic rings. The molecule has 160 valence electrons. The molecular weight excluding hydrogens is 407 g/mol. The van der Waals surface area contributed by atoms with Gasteiger partial charge < -0.3 is 21.1 Å². The van der Waals surface area contributed by atoms with Crippen LogP contribution in [0.1, 0.15) is 33.6 Å². The van der Waals surface area contributed by atoms with Crippen LogP contribution in [-0.4, -0.2) is 43.2 Å². The van der Waals surface area contributed by atoms with Crippen LogP contribution in [0.5, 0.6) is 0 Å². The first kappa shape index (κ1) is 20.2. The Bertz CT molecular complexity index is 1340. The first-order valence-corrected chi connectivity index (χ1v) is 10.4. The fraction of sp³-hybridized carbons (Fsp3) is 0.182. The van der Waals surface area contributed by atoms with Crippen molar-refractivity contribution in [2.24, 2.45) is 5.73 Å². The summed E-state index contributed by atoms with van der Waals surface area (Å²) in [5.74, 6) is 0.679. The molecular formula is C22H21BN6O3. The molecule has 0 saturated carbocycles. The molecule has 0 unspecified atom stereocenters. The van der Waals surface area contributed by atoms with Crippen molar-refractivity contribution in [3.8, 4) is 11.5 Å². The van der Waals surface area contributed by atoms with E-state index in [9.17, 15) is 14.8 Å². The summed E-state index contributed by atoms with van der Waals surface area (Å²) in [6, 6.07) is 12.4. The number of aryl methyl sites for hydroxylation is 1. The van der Waals surface area contributed by atoms with E-state index in [0.29, 0.717) is 34.6 Å². The summed E-state index contributed by atoms with van der Waals surface area (Å²) in [5.41, 5.74) is 10.4. The zero-order valence-electron chi connectivity index (χ0n) is 17.2. The number of H-pyrrole nitrogens is 1. The van der Waals surface area contributed by atoms with Gasteiger partial charge in [-0.2, -0.15) is 5.10 Å². The molecule has 4 aromatic rings. The number of primary amides is 1. The molecule has 2 aromatic carbocycles. The molecule has 0 aliphatic heterocycles. The quantitative estimate of drug-likeness (QED) is 0.286. The van der Waals surface area contributed by atoms with Gasteiger partial charge in [0.15, 0.2) is 5.82 Å². The number of rotatable bonds is 6. The van der Waals surface area contributed by atoms with E-state index >= 15 is 0 Å². The van der Waals surface area contributed by atoms with Crippen molar-refractivity contribution in [1.82, 2.24) is 20.2 Å². The monoisotopic (exact) mass is 428 g/mol. The molecule has 0 bridgehead atoms. The number of para-hydroxylation sites is 1. The van der Waals surface area contributed by atoms with Crippen molar-refractivity contribution in [3.05, 3.63) is 64.8 Å². The van der Waals surface area contributed by atoms with E-state index in [1.807, 2.05) is 12.1 Å². The number of hydrogen-bond donors (Lipinski definition) is 5. The molecule has 5 rings (SSSR count). The van der Waals surface area contributed by atoms with Gasteiger partial charge in [-0.05, 0) is 36.4 Å². The van der Waals surface area contributed by atoms with Crippen molar-refractivity contribution < 1.29 is 14.8 Å². The van der Waals surface area contributed by atoms with Crippen molar-refractivity contribution in [2.45, 2.75) is 25.8 Å². The van der Waals surface area contributed by atoms with E-state index < -0.39 is 13.0 Å². The number of hydrogen-bond acceptors (Lipinski definition) is 7.